The van der Waals surface area contributed by atoms with E-state index in [2.05, 4.69) is 21.2 Å². The molecule has 0 aromatic heterocycles. The van der Waals surface area contributed by atoms with Crippen LogP contribution in [0, 0.1) is 0 Å². The molecule has 0 radical (unpaired) electrons. The minimum atomic E-state index is -1.16. The van der Waals surface area contributed by atoms with Crippen molar-refractivity contribution in [2.75, 3.05) is 0 Å². The Kier molecular flexibility index (Phi) is 5.55. The third kappa shape index (κ3) is 4.60. The predicted molar refractivity (Wildman–Crippen MR) is 84.3 cm³/mol. The number of amides is 1. The summed E-state index contributed by atoms with van der Waals surface area (Å²) in [5.74, 6) is -1.15. The van der Waals surface area contributed by atoms with Crippen molar-refractivity contribution in [3.05, 3.63) is 70.2 Å². The van der Waals surface area contributed by atoms with Crippen molar-refractivity contribution in [1.82, 2.24) is 5.32 Å². The molecule has 0 fully saturated rings. The summed E-state index contributed by atoms with van der Waals surface area (Å²) in [6.07, 6.45) is -0.779. The van der Waals surface area contributed by atoms with Crippen molar-refractivity contribution in [1.29, 1.82) is 0 Å². The molecule has 2 aromatic rings. The van der Waals surface area contributed by atoms with Crippen molar-refractivity contribution in [2.45, 2.75) is 12.6 Å². The SMILES string of the molecule is O=C(N[C@@H](C(=O)O)c1ccc(Br)cc1)OCc1ccccc1. The van der Waals surface area contributed by atoms with Crippen LogP contribution in [0.15, 0.2) is 59.1 Å². The summed E-state index contributed by atoms with van der Waals surface area (Å²) in [7, 11) is 0. The number of alkyl carbamates (subject to hydrolysis) is 1. The number of carboxylic acid groups (broad SMARTS) is 1. The van der Waals surface area contributed by atoms with Crippen LogP contribution in [0.3, 0.4) is 0 Å². The van der Waals surface area contributed by atoms with Gasteiger partial charge in [0, 0.05) is 4.47 Å². The van der Waals surface area contributed by atoms with Crippen LogP contribution in [0.4, 0.5) is 4.79 Å². The lowest BCUT2D eigenvalue weighted by Gasteiger charge is -2.15. The van der Waals surface area contributed by atoms with E-state index in [-0.39, 0.29) is 6.61 Å². The van der Waals surface area contributed by atoms with Crippen molar-refractivity contribution >= 4 is 28.0 Å². The first-order valence-electron chi connectivity index (χ1n) is 6.52. The van der Waals surface area contributed by atoms with Gasteiger partial charge in [-0.2, -0.15) is 0 Å². The van der Waals surface area contributed by atoms with E-state index < -0.39 is 18.1 Å². The van der Waals surface area contributed by atoms with Crippen molar-refractivity contribution in [3.8, 4) is 0 Å². The van der Waals surface area contributed by atoms with Crippen LogP contribution < -0.4 is 5.32 Å². The number of nitrogens with one attached hydrogen (secondary N) is 1. The van der Waals surface area contributed by atoms with E-state index in [1.165, 1.54) is 0 Å². The Bertz CT molecular complexity index is 643. The summed E-state index contributed by atoms with van der Waals surface area (Å²) in [5, 5.41) is 11.6. The van der Waals surface area contributed by atoms with E-state index in [0.717, 1.165) is 10.0 Å². The van der Waals surface area contributed by atoms with E-state index in [0.29, 0.717) is 5.56 Å². The molecule has 0 unspecified atom stereocenters. The van der Waals surface area contributed by atoms with Crippen LogP contribution in [0.5, 0.6) is 0 Å². The van der Waals surface area contributed by atoms with Gasteiger partial charge in [0.05, 0.1) is 0 Å². The fourth-order valence-electron chi connectivity index (χ4n) is 1.83. The summed E-state index contributed by atoms with van der Waals surface area (Å²) < 4.78 is 5.86. The molecule has 0 spiro atoms. The number of ether oxygens (including phenoxy) is 1. The molecule has 0 aliphatic rings. The molecule has 2 N–H and O–H groups in total. The Morgan fingerprint density at radius 2 is 1.73 bits per heavy atom. The first kappa shape index (κ1) is 16.0. The number of aliphatic carboxylic acids is 1. The van der Waals surface area contributed by atoms with E-state index in [1.807, 2.05) is 30.3 Å². The number of carbonyl (C=O) groups excluding carboxylic acids is 1. The third-order valence-electron chi connectivity index (χ3n) is 2.93. The Morgan fingerprint density at radius 3 is 2.32 bits per heavy atom. The van der Waals surface area contributed by atoms with Crippen LogP contribution in [0.2, 0.25) is 0 Å². The molecular weight excluding hydrogens is 350 g/mol. The zero-order chi connectivity index (χ0) is 15.9. The van der Waals surface area contributed by atoms with Gasteiger partial charge in [-0.1, -0.05) is 58.4 Å². The van der Waals surface area contributed by atoms with Gasteiger partial charge in [0.1, 0.15) is 6.61 Å². The second-order valence-electron chi connectivity index (χ2n) is 4.53. The number of hydrogen-bond acceptors (Lipinski definition) is 3. The second kappa shape index (κ2) is 7.61. The van der Waals surface area contributed by atoms with Crippen LogP contribution in [-0.4, -0.2) is 17.2 Å². The summed E-state index contributed by atoms with van der Waals surface area (Å²) in [5.41, 5.74) is 1.29. The Balaban J connectivity index is 1.97. The first-order valence-corrected chi connectivity index (χ1v) is 7.31. The highest BCUT2D eigenvalue weighted by Gasteiger charge is 2.22. The normalized spacial score (nSPS) is 11.5. The van der Waals surface area contributed by atoms with Gasteiger partial charge < -0.3 is 15.2 Å². The van der Waals surface area contributed by atoms with Gasteiger partial charge >= 0.3 is 12.1 Å². The number of rotatable bonds is 5. The lowest BCUT2D eigenvalue weighted by Crippen LogP contribution is -2.34. The number of hydrogen-bond donors (Lipinski definition) is 2. The minimum absolute atomic E-state index is 0.0827. The van der Waals surface area contributed by atoms with E-state index in [9.17, 15) is 14.7 Å². The Hall–Kier alpha value is -2.34. The molecule has 1 amide bonds. The topological polar surface area (TPSA) is 75.6 Å². The molecule has 2 aromatic carbocycles. The lowest BCUT2D eigenvalue weighted by molar-refractivity contribution is -0.139. The maximum Gasteiger partial charge on any atom is 0.408 e. The number of halogens is 1. The van der Waals surface area contributed by atoms with Gasteiger partial charge in [-0.15, -0.1) is 0 Å². The highest BCUT2D eigenvalue weighted by atomic mass is 79.9. The number of benzene rings is 2. The average Bonchev–Trinajstić information content (AvgIpc) is 2.52. The zero-order valence-electron chi connectivity index (χ0n) is 11.5. The summed E-state index contributed by atoms with van der Waals surface area (Å²) in [6, 6.07) is 14.7. The van der Waals surface area contributed by atoms with Gasteiger partial charge in [0.15, 0.2) is 6.04 Å². The fraction of sp³-hybridized carbons (Fsp3) is 0.125. The van der Waals surface area contributed by atoms with E-state index in [1.54, 1.807) is 24.3 Å². The lowest BCUT2D eigenvalue weighted by atomic mass is 10.1. The maximum atomic E-state index is 11.8. The van der Waals surface area contributed by atoms with Gasteiger partial charge in [0.2, 0.25) is 0 Å². The van der Waals surface area contributed by atoms with Crippen molar-refractivity contribution in [2.24, 2.45) is 0 Å². The molecule has 5 nitrogen and oxygen atoms in total. The molecule has 0 aliphatic heterocycles. The first-order chi connectivity index (χ1) is 10.6. The van der Waals surface area contributed by atoms with E-state index in [4.69, 9.17) is 4.74 Å². The van der Waals surface area contributed by atoms with Gasteiger partial charge in [-0.25, -0.2) is 9.59 Å². The molecule has 2 rings (SSSR count). The summed E-state index contributed by atoms with van der Waals surface area (Å²) >= 11 is 3.27. The highest BCUT2D eigenvalue weighted by Crippen LogP contribution is 2.17. The van der Waals surface area contributed by atoms with Crippen molar-refractivity contribution < 1.29 is 19.4 Å². The molecule has 1 atom stereocenters. The fourth-order valence-corrected chi connectivity index (χ4v) is 2.09. The Labute approximate surface area is 136 Å². The molecule has 6 heteroatoms. The molecule has 0 heterocycles. The average molecular weight is 364 g/mol. The molecule has 114 valence electrons. The van der Waals surface area contributed by atoms with Crippen LogP contribution in [-0.2, 0) is 16.1 Å². The van der Waals surface area contributed by atoms with Crippen LogP contribution >= 0.6 is 15.9 Å². The van der Waals surface area contributed by atoms with Crippen LogP contribution in [0.25, 0.3) is 0 Å². The zero-order valence-corrected chi connectivity index (χ0v) is 13.1. The second-order valence-corrected chi connectivity index (χ2v) is 5.44. The Morgan fingerprint density at radius 1 is 1.09 bits per heavy atom. The quantitative estimate of drug-likeness (QED) is 0.852. The predicted octanol–water partition coefficient (Wildman–Crippen LogP) is 3.50. The molecule has 22 heavy (non-hydrogen) atoms. The summed E-state index contributed by atoms with van der Waals surface area (Å²) in [4.78, 5) is 23.1. The number of carboxylic acids is 1. The van der Waals surface area contributed by atoms with E-state index >= 15 is 0 Å². The van der Waals surface area contributed by atoms with Gasteiger partial charge in [-0.3, -0.25) is 0 Å². The monoisotopic (exact) mass is 363 g/mol. The molecule has 0 saturated carbocycles. The minimum Gasteiger partial charge on any atom is -0.479 e. The molecule has 0 bridgehead atoms. The van der Waals surface area contributed by atoms with Gasteiger partial charge in [0.25, 0.3) is 0 Å². The smallest absolute Gasteiger partial charge is 0.408 e. The number of carbonyl (C=O) groups is 2. The molecule has 0 aliphatic carbocycles. The standard InChI is InChI=1S/C16H14BrNO4/c17-13-8-6-12(7-9-13)14(15(19)20)18-16(21)22-10-11-4-2-1-3-5-11/h1-9,14H,10H2,(H,18,21)(H,19,20)/t14-/m1/s1. The van der Waals surface area contributed by atoms with Gasteiger partial charge in [-0.05, 0) is 23.3 Å². The highest BCUT2D eigenvalue weighted by molar-refractivity contribution is 9.10. The van der Waals surface area contributed by atoms with Crippen LogP contribution in [0.1, 0.15) is 17.2 Å². The van der Waals surface area contributed by atoms with Crippen molar-refractivity contribution in [3.63, 3.8) is 0 Å². The summed E-state index contributed by atoms with van der Waals surface area (Å²) in [6.45, 7) is 0.0827. The molecular formula is C16H14BrNO4. The largest absolute Gasteiger partial charge is 0.479 e. The third-order valence-corrected chi connectivity index (χ3v) is 3.45. The molecule has 0 saturated heterocycles. The maximum absolute atomic E-state index is 11.8.